The summed E-state index contributed by atoms with van der Waals surface area (Å²) in [6.45, 7) is 1.61. The predicted octanol–water partition coefficient (Wildman–Crippen LogP) is 5.35. The van der Waals surface area contributed by atoms with Crippen LogP contribution in [0, 0.1) is 0 Å². The minimum atomic E-state index is -0.398. The van der Waals surface area contributed by atoms with E-state index in [1.54, 1.807) is 12.0 Å². The molecule has 3 aromatic rings. The molecular formula is C30H34N2O5. The highest BCUT2D eigenvalue weighted by Crippen LogP contribution is 2.39. The number of nitrogens with zero attached hydrogens (tertiary/aromatic N) is 2. The largest absolute Gasteiger partial charge is 0.497 e. The number of carbonyl (C=O) groups is 2. The quantitative estimate of drug-likeness (QED) is 0.369. The van der Waals surface area contributed by atoms with E-state index >= 15 is 0 Å². The molecule has 3 aromatic carbocycles. The van der Waals surface area contributed by atoms with Crippen molar-refractivity contribution < 1.29 is 23.9 Å². The monoisotopic (exact) mass is 502 g/mol. The van der Waals surface area contributed by atoms with Gasteiger partial charge >= 0.3 is 6.09 Å². The summed E-state index contributed by atoms with van der Waals surface area (Å²) in [6, 6.07) is 27.3. The summed E-state index contributed by atoms with van der Waals surface area (Å²) in [4.78, 5) is 33.5. The number of hydroxylamine groups is 2. The van der Waals surface area contributed by atoms with E-state index in [2.05, 4.69) is 12.1 Å². The van der Waals surface area contributed by atoms with Crippen LogP contribution in [0.2, 0.25) is 0 Å². The Morgan fingerprint density at radius 1 is 0.838 bits per heavy atom. The first kappa shape index (κ1) is 26.2. The van der Waals surface area contributed by atoms with E-state index in [0.717, 1.165) is 22.4 Å². The number of carbonyl (C=O) groups excluding carboxylic acids is 2. The first-order valence-corrected chi connectivity index (χ1v) is 12.5. The van der Waals surface area contributed by atoms with Crippen LogP contribution in [-0.2, 0) is 32.9 Å². The van der Waals surface area contributed by atoms with Crippen LogP contribution in [0.25, 0.3) is 0 Å². The van der Waals surface area contributed by atoms with E-state index < -0.39 is 5.41 Å². The summed E-state index contributed by atoms with van der Waals surface area (Å²) in [6.07, 6.45) is 1.27. The normalized spacial score (nSPS) is 14.6. The minimum Gasteiger partial charge on any atom is -0.497 e. The van der Waals surface area contributed by atoms with Gasteiger partial charge in [-0.3, -0.25) is 9.63 Å². The molecule has 1 aliphatic rings. The Morgan fingerprint density at radius 2 is 1.46 bits per heavy atom. The van der Waals surface area contributed by atoms with E-state index in [0.29, 0.717) is 32.5 Å². The van der Waals surface area contributed by atoms with Crippen LogP contribution in [0.4, 0.5) is 4.79 Å². The zero-order valence-corrected chi connectivity index (χ0v) is 21.5. The molecule has 0 aromatic heterocycles. The number of ether oxygens (including phenoxy) is 2. The molecule has 0 saturated carbocycles. The molecule has 7 heteroatoms. The fraction of sp³-hybridized carbons (Fsp3) is 0.333. The number of piperidine rings is 1. The lowest BCUT2D eigenvalue weighted by Gasteiger charge is -2.42. The Bertz CT molecular complexity index is 1140. The van der Waals surface area contributed by atoms with Crippen LogP contribution in [0.5, 0.6) is 5.75 Å². The van der Waals surface area contributed by atoms with E-state index in [-0.39, 0.29) is 25.0 Å². The van der Waals surface area contributed by atoms with Gasteiger partial charge in [-0.15, -0.1) is 0 Å². The van der Waals surface area contributed by atoms with Crippen molar-refractivity contribution in [3.63, 3.8) is 0 Å². The number of likely N-dealkylation sites (tertiary alicyclic amines) is 1. The van der Waals surface area contributed by atoms with Gasteiger partial charge in [-0.05, 0) is 41.7 Å². The molecule has 0 radical (unpaired) electrons. The van der Waals surface area contributed by atoms with Crippen LogP contribution in [0.3, 0.4) is 0 Å². The van der Waals surface area contributed by atoms with Crippen LogP contribution >= 0.6 is 0 Å². The van der Waals surface area contributed by atoms with E-state index in [9.17, 15) is 9.59 Å². The minimum absolute atomic E-state index is 0.0951. The van der Waals surface area contributed by atoms with Crippen LogP contribution in [-0.4, -0.2) is 49.3 Å². The Kier molecular flexibility index (Phi) is 8.80. The highest BCUT2D eigenvalue weighted by Gasteiger charge is 2.40. The fourth-order valence-corrected chi connectivity index (χ4v) is 4.82. The SMILES string of the molecule is COc1ccc(CN(OC)C(=O)CC2(c3ccccc3)CCN(C(=O)OCc3ccccc3)CC2)cc1. The van der Waals surface area contributed by atoms with Gasteiger partial charge in [0.25, 0.3) is 0 Å². The number of benzene rings is 3. The number of rotatable bonds is 9. The molecule has 7 nitrogen and oxygen atoms in total. The second-order valence-electron chi connectivity index (χ2n) is 9.31. The maximum Gasteiger partial charge on any atom is 0.410 e. The zero-order chi connectivity index (χ0) is 26.1. The molecule has 0 spiro atoms. The zero-order valence-electron chi connectivity index (χ0n) is 21.5. The molecule has 0 atom stereocenters. The summed E-state index contributed by atoms with van der Waals surface area (Å²) in [5, 5.41) is 1.41. The Balaban J connectivity index is 1.43. The Hall–Kier alpha value is -3.84. The summed E-state index contributed by atoms with van der Waals surface area (Å²) in [7, 11) is 3.14. The van der Waals surface area contributed by atoms with E-state index in [4.69, 9.17) is 14.3 Å². The third-order valence-electron chi connectivity index (χ3n) is 7.04. The number of hydrogen-bond donors (Lipinski definition) is 0. The average molecular weight is 503 g/mol. The lowest BCUT2D eigenvalue weighted by atomic mass is 9.70. The lowest BCUT2D eigenvalue weighted by Crippen LogP contribution is -2.47. The van der Waals surface area contributed by atoms with Crippen molar-refractivity contribution in [2.24, 2.45) is 0 Å². The topological polar surface area (TPSA) is 68.3 Å². The highest BCUT2D eigenvalue weighted by molar-refractivity contribution is 5.77. The molecule has 0 aliphatic carbocycles. The molecule has 1 fully saturated rings. The molecule has 0 bridgehead atoms. The molecular weight excluding hydrogens is 468 g/mol. The second-order valence-corrected chi connectivity index (χ2v) is 9.31. The molecule has 1 heterocycles. The molecule has 4 rings (SSSR count). The summed E-state index contributed by atoms with van der Waals surface area (Å²) in [5.41, 5.74) is 2.60. The van der Waals surface area contributed by atoms with Gasteiger partial charge in [-0.2, -0.15) is 0 Å². The lowest BCUT2D eigenvalue weighted by molar-refractivity contribution is -0.181. The van der Waals surface area contributed by atoms with Crippen molar-refractivity contribution in [2.75, 3.05) is 27.3 Å². The molecule has 1 saturated heterocycles. The van der Waals surface area contributed by atoms with E-state index in [1.165, 1.54) is 12.2 Å². The standard InChI is InChI=1S/C30H34N2O5/c1-35-27-15-13-24(14-16-27)22-32(36-2)28(33)21-30(26-11-7-4-8-12-26)17-19-31(20-18-30)29(34)37-23-25-9-5-3-6-10-25/h3-16H,17-23H2,1-2H3. The van der Waals surface area contributed by atoms with Crippen LogP contribution in [0.15, 0.2) is 84.9 Å². The van der Waals surface area contributed by atoms with Crippen molar-refractivity contribution in [3.8, 4) is 5.75 Å². The van der Waals surface area contributed by atoms with Crippen molar-refractivity contribution in [2.45, 2.75) is 37.8 Å². The first-order valence-electron chi connectivity index (χ1n) is 12.5. The van der Waals surface area contributed by atoms with Crippen LogP contribution in [0.1, 0.15) is 36.0 Å². The third-order valence-corrected chi connectivity index (χ3v) is 7.04. The van der Waals surface area contributed by atoms with Crippen molar-refractivity contribution >= 4 is 12.0 Å². The average Bonchev–Trinajstić information content (AvgIpc) is 2.96. The molecule has 1 aliphatic heterocycles. The second kappa shape index (κ2) is 12.4. The number of hydrogen-bond acceptors (Lipinski definition) is 5. The maximum absolute atomic E-state index is 13.5. The molecule has 37 heavy (non-hydrogen) atoms. The third kappa shape index (κ3) is 6.68. The van der Waals surface area contributed by atoms with Crippen molar-refractivity contribution in [3.05, 3.63) is 102 Å². The number of amides is 2. The molecule has 0 unspecified atom stereocenters. The van der Waals surface area contributed by atoms with Gasteiger partial charge in [0.1, 0.15) is 12.4 Å². The fourth-order valence-electron chi connectivity index (χ4n) is 4.82. The van der Waals surface area contributed by atoms with Crippen molar-refractivity contribution in [1.29, 1.82) is 0 Å². The summed E-state index contributed by atoms with van der Waals surface area (Å²) < 4.78 is 10.8. The molecule has 0 N–H and O–H groups in total. The van der Waals surface area contributed by atoms with Gasteiger partial charge in [0.05, 0.1) is 20.8 Å². The number of methoxy groups -OCH3 is 1. The van der Waals surface area contributed by atoms with Gasteiger partial charge in [-0.1, -0.05) is 72.8 Å². The van der Waals surface area contributed by atoms with Gasteiger partial charge in [0.2, 0.25) is 5.91 Å². The first-order chi connectivity index (χ1) is 18.0. The van der Waals surface area contributed by atoms with Gasteiger partial charge < -0.3 is 14.4 Å². The Morgan fingerprint density at radius 3 is 2.05 bits per heavy atom. The van der Waals surface area contributed by atoms with Gasteiger partial charge in [0, 0.05) is 24.9 Å². The Labute approximate surface area is 218 Å². The highest BCUT2D eigenvalue weighted by atomic mass is 16.7. The maximum atomic E-state index is 13.5. The molecule has 2 amide bonds. The molecule has 194 valence electrons. The van der Waals surface area contributed by atoms with Crippen molar-refractivity contribution in [1.82, 2.24) is 9.96 Å². The summed E-state index contributed by atoms with van der Waals surface area (Å²) in [5.74, 6) is 0.665. The van der Waals surface area contributed by atoms with Gasteiger partial charge in [-0.25, -0.2) is 9.86 Å². The van der Waals surface area contributed by atoms with Gasteiger partial charge in [0.15, 0.2) is 0 Å². The van der Waals surface area contributed by atoms with Crippen LogP contribution < -0.4 is 4.74 Å². The smallest absolute Gasteiger partial charge is 0.410 e. The summed E-state index contributed by atoms with van der Waals surface area (Å²) >= 11 is 0. The predicted molar refractivity (Wildman–Crippen MR) is 141 cm³/mol. The van der Waals surface area contributed by atoms with E-state index in [1.807, 2.05) is 72.8 Å².